The summed E-state index contributed by atoms with van der Waals surface area (Å²) in [6.07, 6.45) is 3.88. The maximum atomic E-state index is 5.41. The molecule has 1 rings (SSSR count). The summed E-state index contributed by atoms with van der Waals surface area (Å²) in [4.78, 5) is 0. The molecule has 0 aromatic heterocycles. The third-order valence-electron chi connectivity index (χ3n) is 3.63. The lowest BCUT2D eigenvalue weighted by Crippen LogP contribution is -2.33. The van der Waals surface area contributed by atoms with Gasteiger partial charge in [-0.2, -0.15) is 0 Å². The van der Waals surface area contributed by atoms with Crippen molar-refractivity contribution in [3.8, 4) is 0 Å². The maximum absolute atomic E-state index is 5.41. The lowest BCUT2D eigenvalue weighted by atomic mass is 9.74. The van der Waals surface area contributed by atoms with Crippen LogP contribution in [-0.4, -0.2) is 26.8 Å². The normalized spacial score (nSPS) is 21.6. The average Bonchev–Trinajstić information content (AvgIpc) is 2.17. The summed E-state index contributed by atoms with van der Waals surface area (Å²) in [5.41, 5.74) is 0.418. The zero-order chi connectivity index (χ0) is 11.3. The highest BCUT2D eigenvalue weighted by atomic mass is 16.5. The Morgan fingerprint density at radius 2 is 1.87 bits per heavy atom. The predicted molar refractivity (Wildman–Crippen MR) is 65.0 cm³/mol. The van der Waals surface area contributed by atoms with Gasteiger partial charge in [-0.05, 0) is 50.1 Å². The smallest absolute Gasteiger partial charge is 0.0468 e. The first-order valence-electron chi connectivity index (χ1n) is 6.26. The Balaban J connectivity index is 2.42. The van der Waals surface area contributed by atoms with E-state index >= 15 is 0 Å². The van der Waals surface area contributed by atoms with Crippen molar-refractivity contribution < 1.29 is 4.74 Å². The first-order chi connectivity index (χ1) is 7.04. The monoisotopic (exact) mass is 213 g/mol. The van der Waals surface area contributed by atoms with E-state index in [-0.39, 0.29) is 0 Å². The van der Waals surface area contributed by atoms with E-state index in [9.17, 15) is 0 Å². The second kappa shape index (κ2) is 5.86. The minimum Gasteiger partial charge on any atom is -0.381 e. The molecule has 0 aromatic carbocycles. The van der Waals surface area contributed by atoms with Gasteiger partial charge in [-0.15, -0.1) is 0 Å². The van der Waals surface area contributed by atoms with Crippen LogP contribution in [0.3, 0.4) is 0 Å². The van der Waals surface area contributed by atoms with E-state index in [1.165, 1.54) is 19.3 Å². The lowest BCUT2D eigenvalue weighted by Gasteiger charge is -2.34. The van der Waals surface area contributed by atoms with Crippen molar-refractivity contribution in [1.82, 2.24) is 5.32 Å². The van der Waals surface area contributed by atoms with Gasteiger partial charge in [0.1, 0.15) is 0 Å². The molecule has 15 heavy (non-hydrogen) atoms. The molecular formula is C13H27NO. The summed E-state index contributed by atoms with van der Waals surface area (Å²) in [6, 6.07) is 0. The topological polar surface area (TPSA) is 21.3 Å². The SMILES string of the molecule is CNCC(CC1CCOCC1)C(C)(C)C. The lowest BCUT2D eigenvalue weighted by molar-refractivity contribution is 0.0497. The Kier molecular flexibility index (Phi) is 5.07. The highest BCUT2D eigenvalue weighted by molar-refractivity contribution is 4.79. The molecule has 0 radical (unpaired) electrons. The van der Waals surface area contributed by atoms with Gasteiger partial charge in [-0.3, -0.25) is 0 Å². The Hall–Kier alpha value is -0.0800. The summed E-state index contributed by atoms with van der Waals surface area (Å²) >= 11 is 0. The van der Waals surface area contributed by atoms with Crippen LogP contribution in [-0.2, 0) is 4.74 Å². The van der Waals surface area contributed by atoms with E-state index < -0.39 is 0 Å². The van der Waals surface area contributed by atoms with E-state index in [0.29, 0.717) is 5.41 Å². The first-order valence-corrected chi connectivity index (χ1v) is 6.26. The Morgan fingerprint density at radius 3 is 2.33 bits per heavy atom. The minimum atomic E-state index is 0.418. The Labute approximate surface area is 94.8 Å². The molecular weight excluding hydrogens is 186 g/mol. The molecule has 1 saturated heterocycles. The van der Waals surface area contributed by atoms with E-state index in [1.54, 1.807) is 0 Å². The van der Waals surface area contributed by atoms with Crippen LogP contribution in [0.4, 0.5) is 0 Å². The fraction of sp³-hybridized carbons (Fsp3) is 1.00. The van der Waals surface area contributed by atoms with Crippen LogP contribution in [0, 0.1) is 17.3 Å². The van der Waals surface area contributed by atoms with Crippen LogP contribution in [0.5, 0.6) is 0 Å². The van der Waals surface area contributed by atoms with Crippen molar-refractivity contribution in [2.24, 2.45) is 17.3 Å². The van der Waals surface area contributed by atoms with Crippen molar-refractivity contribution >= 4 is 0 Å². The van der Waals surface area contributed by atoms with Gasteiger partial charge in [0.2, 0.25) is 0 Å². The molecule has 0 spiro atoms. The zero-order valence-corrected chi connectivity index (χ0v) is 10.8. The number of ether oxygens (including phenoxy) is 1. The van der Waals surface area contributed by atoms with Crippen LogP contribution in [0.1, 0.15) is 40.0 Å². The number of hydrogen-bond donors (Lipinski definition) is 1. The number of hydrogen-bond acceptors (Lipinski definition) is 2. The average molecular weight is 213 g/mol. The van der Waals surface area contributed by atoms with Gasteiger partial charge in [-0.25, -0.2) is 0 Å². The molecule has 1 unspecified atom stereocenters. The molecule has 1 N–H and O–H groups in total. The molecule has 1 heterocycles. The van der Waals surface area contributed by atoms with E-state index in [0.717, 1.165) is 31.6 Å². The molecule has 1 atom stereocenters. The third-order valence-corrected chi connectivity index (χ3v) is 3.63. The molecule has 1 fully saturated rings. The third kappa shape index (κ3) is 4.52. The fourth-order valence-corrected chi connectivity index (χ4v) is 2.37. The van der Waals surface area contributed by atoms with Gasteiger partial charge in [0, 0.05) is 13.2 Å². The molecule has 0 aromatic rings. The number of rotatable bonds is 4. The van der Waals surface area contributed by atoms with Crippen molar-refractivity contribution in [1.29, 1.82) is 0 Å². The summed E-state index contributed by atoms with van der Waals surface area (Å²) in [5.74, 6) is 1.67. The molecule has 1 aliphatic heterocycles. The number of nitrogens with one attached hydrogen (secondary N) is 1. The van der Waals surface area contributed by atoms with Gasteiger partial charge >= 0.3 is 0 Å². The maximum Gasteiger partial charge on any atom is 0.0468 e. The van der Waals surface area contributed by atoms with Crippen molar-refractivity contribution in [3.05, 3.63) is 0 Å². The molecule has 2 nitrogen and oxygen atoms in total. The summed E-state index contributed by atoms with van der Waals surface area (Å²) in [5, 5.41) is 3.33. The van der Waals surface area contributed by atoms with Gasteiger partial charge < -0.3 is 10.1 Å². The van der Waals surface area contributed by atoms with E-state index in [2.05, 4.69) is 33.1 Å². The molecule has 0 bridgehead atoms. The van der Waals surface area contributed by atoms with Crippen molar-refractivity contribution in [2.45, 2.75) is 40.0 Å². The van der Waals surface area contributed by atoms with Crippen LogP contribution >= 0.6 is 0 Å². The molecule has 90 valence electrons. The highest BCUT2D eigenvalue weighted by Crippen LogP contribution is 2.33. The van der Waals surface area contributed by atoms with Crippen LogP contribution in [0.2, 0.25) is 0 Å². The Bertz CT molecular complexity index is 168. The molecule has 1 aliphatic rings. The van der Waals surface area contributed by atoms with Crippen LogP contribution in [0.15, 0.2) is 0 Å². The summed E-state index contributed by atoms with van der Waals surface area (Å²) in [6.45, 7) is 10.2. The first kappa shape index (κ1) is 13.0. The quantitative estimate of drug-likeness (QED) is 0.775. The standard InChI is InChI=1S/C13H27NO/c1-13(2,3)12(10-14-4)9-11-5-7-15-8-6-11/h11-12,14H,5-10H2,1-4H3. The molecule has 0 amide bonds. The van der Waals surface area contributed by atoms with Crippen LogP contribution < -0.4 is 5.32 Å². The van der Waals surface area contributed by atoms with Crippen molar-refractivity contribution in [3.63, 3.8) is 0 Å². The zero-order valence-electron chi connectivity index (χ0n) is 10.8. The molecule has 2 heteroatoms. The Morgan fingerprint density at radius 1 is 1.27 bits per heavy atom. The molecule has 0 saturated carbocycles. The van der Waals surface area contributed by atoms with Gasteiger partial charge in [0.05, 0.1) is 0 Å². The largest absolute Gasteiger partial charge is 0.381 e. The fourth-order valence-electron chi connectivity index (χ4n) is 2.37. The van der Waals surface area contributed by atoms with Gasteiger partial charge in [0.15, 0.2) is 0 Å². The molecule has 0 aliphatic carbocycles. The second-order valence-electron chi connectivity index (χ2n) is 5.91. The minimum absolute atomic E-state index is 0.418. The second-order valence-corrected chi connectivity index (χ2v) is 5.91. The predicted octanol–water partition coefficient (Wildman–Crippen LogP) is 2.68. The van der Waals surface area contributed by atoms with Gasteiger partial charge in [-0.1, -0.05) is 20.8 Å². The van der Waals surface area contributed by atoms with E-state index in [4.69, 9.17) is 4.74 Å². The van der Waals surface area contributed by atoms with Gasteiger partial charge in [0.25, 0.3) is 0 Å². The van der Waals surface area contributed by atoms with Crippen molar-refractivity contribution in [2.75, 3.05) is 26.8 Å². The van der Waals surface area contributed by atoms with Crippen LogP contribution in [0.25, 0.3) is 0 Å². The summed E-state index contributed by atoms with van der Waals surface area (Å²) < 4.78 is 5.41. The van der Waals surface area contributed by atoms with E-state index in [1.807, 2.05) is 0 Å². The highest BCUT2D eigenvalue weighted by Gasteiger charge is 2.27. The summed E-state index contributed by atoms with van der Waals surface area (Å²) in [7, 11) is 2.06.